The van der Waals surface area contributed by atoms with Crippen LogP contribution in [0.1, 0.15) is 25.0 Å². The summed E-state index contributed by atoms with van der Waals surface area (Å²) < 4.78 is 34.2. The topological polar surface area (TPSA) is 58.6 Å². The monoisotopic (exact) mass is 298 g/mol. The van der Waals surface area contributed by atoms with Gasteiger partial charge in [0, 0.05) is 19.6 Å². The fourth-order valence-corrected chi connectivity index (χ4v) is 3.64. The second-order valence-corrected chi connectivity index (χ2v) is 7.14. The molecule has 1 N–H and O–H groups in total. The normalized spacial score (nSPS) is 24.8. The molecular weight excluding hydrogens is 276 g/mol. The molecule has 1 heterocycles. The smallest absolute Gasteiger partial charge is 0.279 e. The Labute approximate surface area is 121 Å². The Morgan fingerprint density at radius 1 is 1.20 bits per heavy atom. The van der Waals surface area contributed by atoms with Crippen LogP contribution in [0.5, 0.6) is 0 Å². The Balaban J connectivity index is 1.98. The second-order valence-electron chi connectivity index (χ2n) is 5.39. The van der Waals surface area contributed by atoms with Gasteiger partial charge in [0.1, 0.15) is 0 Å². The first-order valence-corrected chi connectivity index (χ1v) is 8.26. The minimum Gasteiger partial charge on any atom is -0.373 e. The maximum atomic E-state index is 12.3. The van der Waals surface area contributed by atoms with Crippen LogP contribution in [0.3, 0.4) is 0 Å². The maximum absolute atomic E-state index is 12.3. The highest BCUT2D eigenvalue weighted by molar-refractivity contribution is 7.87. The van der Waals surface area contributed by atoms with Crippen LogP contribution in [0.25, 0.3) is 0 Å². The van der Waals surface area contributed by atoms with Crippen LogP contribution in [0.15, 0.2) is 24.3 Å². The summed E-state index contributed by atoms with van der Waals surface area (Å²) in [4.78, 5) is 0. The van der Waals surface area contributed by atoms with Gasteiger partial charge in [0.15, 0.2) is 0 Å². The van der Waals surface area contributed by atoms with E-state index in [9.17, 15) is 8.42 Å². The van der Waals surface area contributed by atoms with Crippen LogP contribution in [-0.2, 0) is 21.5 Å². The molecule has 5 nitrogen and oxygen atoms in total. The van der Waals surface area contributed by atoms with Crippen molar-refractivity contribution >= 4 is 10.2 Å². The Morgan fingerprint density at radius 3 is 2.30 bits per heavy atom. The van der Waals surface area contributed by atoms with Crippen molar-refractivity contribution < 1.29 is 13.2 Å². The minimum atomic E-state index is -3.45. The van der Waals surface area contributed by atoms with Crippen molar-refractivity contribution in [2.24, 2.45) is 0 Å². The molecule has 112 valence electrons. The number of benzene rings is 1. The molecule has 0 unspecified atom stereocenters. The largest absolute Gasteiger partial charge is 0.373 e. The lowest BCUT2D eigenvalue weighted by Gasteiger charge is -2.34. The fourth-order valence-electron chi connectivity index (χ4n) is 2.30. The number of hydrogen-bond donors (Lipinski definition) is 1. The zero-order chi connectivity index (χ0) is 14.8. The van der Waals surface area contributed by atoms with Crippen LogP contribution in [-0.4, -0.2) is 38.0 Å². The summed E-state index contributed by atoms with van der Waals surface area (Å²) in [6, 6.07) is 7.82. The number of rotatable bonds is 4. The van der Waals surface area contributed by atoms with Crippen LogP contribution < -0.4 is 4.72 Å². The van der Waals surface area contributed by atoms with E-state index in [1.165, 1.54) is 4.31 Å². The molecule has 0 aliphatic carbocycles. The van der Waals surface area contributed by atoms with E-state index >= 15 is 0 Å². The number of nitrogens with one attached hydrogen (secondary N) is 1. The van der Waals surface area contributed by atoms with E-state index in [0.29, 0.717) is 19.6 Å². The van der Waals surface area contributed by atoms with Crippen molar-refractivity contribution in [1.29, 1.82) is 0 Å². The molecule has 0 saturated carbocycles. The van der Waals surface area contributed by atoms with E-state index in [-0.39, 0.29) is 12.2 Å². The molecule has 1 aromatic rings. The van der Waals surface area contributed by atoms with Crippen molar-refractivity contribution in [1.82, 2.24) is 9.03 Å². The van der Waals surface area contributed by atoms with Crippen molar-refractivity contribution in [2.75, 3.05) is 13.1 Å². The van der Waals surface area contributed by atoms with E-state index in [1.807, 2.05) is 45.0 Å². The average Bonchev–Trinajstić information content (AvgIpc) is 2.37. The number of ether oxygens (including phenoxy) is 1. The number of nitrogens with zero attached hydrogens (tertiary/aromatic N) is 1. The molecule has 1 aromatic carbocycles. The first-order chi connectivity index (χ1) is 9.37. The minimum absolute atomic E-state index is 0.0744. The maximum Gasteiger partial charge on any atom is 0.279 e. The quantitative estimate of drug-likeness (QED) is 0.915. The van der Waals surface area contributed by atoms with Gasteiger partial charge in [-0.2, -0.15) is 17.4 Å². The number of morpholine rings is 1. The van der Waals surface area contributed by atoms with Crippen LogP contribution >= 0.6 is 0 Å². The summed E-state index contributed by atoms with van der Waals surface area (Å²) in [5, 5.41) is 0. The highest BCUT2D eigenvalue weighted by Crippen LogP contribution is 2.14. The van der Waals surface area contributed by atoms with Crippen molar-refractivity contribution in [3.8, 4) is 0 Å². The average molecular weight is 298 g/mol. The van der Waals surface area contributed by atoms with Gasteiger partial charge in [0.05, 0.1) is 12.2 Å². The van der Waals surface area contributed by atoms with Gasteiger partial charge in [0.25, 0.3) is 10.2 Å². The zero-order valence-corrected chi connectivity index (χ0v) is 13.0. The molecule has 2 rings (SSSR count). The fraction of sp³-hybridized carbons (Fsp3) is 0.571. The summed E-state index contributed by atoms with van der Waals surface area (Å²) in [6.07, 6.45) is -0.149. The van der Waals surface area contributed by atoms with Gasteiger partial charge in [-0.25, -0.2) is 0 Å². The summed E-state index contributed by atoms with van der Waals surface area (Å²) in [5.41, 5.74) is 2.11. The van der Waals surface area contributed by atoms with Gasteiger partial charge in [-0.05, 0) is 26.3 Å². The van der Waals surface area contributed by atoms with Crippen molar-refractivity contribution in [3.63, 3.8) is 0 Å². The summed E-state index contributed by atoms with van der Waals surface area (Å²) in [6.45, 7) is 6.88. The molecule has 1 fully saturated rings. The molecule has 0 aromatic heterocycles. The van der Waals surface area contributed by atoms with Gasteiger partial charge in [0.2, 0.25) is 0 Å². The van der Waals surface area contributed by atoms with Crippen LogP contribution in [0.2, 0.25) is 0 Å². The van der Waals surface area contributed by atoms with E-state index in [4.69, 9.17) is 4.74 Å². The molecule has 1 aliphatic heterocycles. The third-order valence-electron chi connectivity index (χ3n) is 3.31. The molecule has 20 heavy (non-hydrogen) atoms. The number of aryl methyl sites for hydroxylation is 1. The van der Waals surface area contributed by atoms with E-state index in [0.717, 1.165) is 11.1 Å². The van der Waals surface area contributed by atoms with Crippen molar-refractivity contribution in [2.45, 2.75) is 39.5 Å². The summed E-state index contributed by atoms with van der Waals surface area (Å²) in [5.74, 6) is 0. The standard InChI is InChI=1S/C14H22N2O3S/c1-11-4-6-14(7-5-11)8-15-20(17,18)16-9-12(2)19-13(3)10-16/h4-7,12-13,15H,8-10H2,1-3H3/t12-,13-/m0/s1. The molecule has 0 spiro atoms. The lowest BCUT2D eigenvalue weighted by Crippen LogP contribution is -2.51. The first-order valence-electron chi connectivity index (χ1n) is 6.82. The van der Waals surface area contributed by atoms with Gasteiger partial charge in [-0.15, -0.1) is 0 Å². The Morgan fingerprint density at radius 2 is 1.75 bits per heavy atom. The Bertz CT molecular complexity index is 532. The molecule has 0 bridgehead atoms. The Hall–Kier alpha value is -0.950. The molecule has 1 saturated heterocycles. The van der Waals surface area contributed by atoms with E-state index in [1.54, 1.807) is 0 Å². The van der Waals surface area contributed by atoms with E-state index < -0.39 is 10.2 Å². The predicted molar refractivity (Wildman–Crippen MR) is 78.5 cm³/mol. The Kier molecular flexibility index (Phi) is 4.80. The van der Waals surface area contributed by atoms with Gasteiger partial charge < -0.3 is 4.74 Å². The van der Waals surface area contributed by atoms with Gasteiger partial charge in [-0.3, -0.25) is 0 Å². The molecule has 0 amide bonds. The number of hydrogen-bond acceptors (Lipinski definition) is 3. The molecular formula is C14H22N2O3S. The van der Waals surface area contributed by atoms with Gasteiger partial charge >= 0.3 is 0 Å². The summed E-state index contributed by atoms with van der Waals surface area (Å²) >= 11 is 0. The first kappa shape index (κ1) is 15.4. The zero-order valence-electron chi connectivity index (χ0n) is 12.2. The predicted octanol–water partition coefficient (Wildman–Crippen LogP) is 1.44. The summed E-state index contributed by atoms with van der Waals surface area (Å²) in [7, 11) is -3.45. The molecule has 6 heteroatoms. The SMILES string of the molecule is Cc1ccc(CNS(=O)(=O)N2C[C@H](C)O[C@@H](C)C2)cc1. The third kappa shape index (κ3) is 4.02. The lowest BCUT2D eigenvalue weighted by molar-refractivity contribution is -0.0444. The molecule has 0 radical (unpaired) electrons. The van der Waals surface area contributed by atoms with Gasteiger partial charge in [-0.1, -0.05) is 29.8 Å². The third-order valence-corrected chi connectivity index (χ3v) is 4.79. The molecule has 2 atom stereocenters. The highest BCUT2D eigenvalue weighted by Gasteiger charge is 2.30. The van der Waals surface area contributed by atoms with E-state index in [2.05, 4.69) is 4.72 Å². The molecule has 1 aliphatic rings. The highest BCUT2D eigenvalue weighted by atomic mass is 32.2. The second kappa shape index (κ2) is 6.22. The van der Waals surface area contributed by atoms with Crippen LogP contribution in [0.4, 0.5) is 0 Å². The van der Waals surface area contributed by atoms with Crippen molar-refractivity contribution in [3.05, 3.63) is 35.4 Å². The lowest BCUT2D eigenvalue weighted by atomic mass is 10.2. The van der Waals surface area contributed by atoms with Crippen LogP contribution in [0, 0.1) is 6.92 Å².